The molecule has 0 radical (unpaired) electrons. The summed E-state index contributed by atoms with van der Waals surface area (Å²) in [4.78, 5) is 12.3. The van der Waals surface area contributed by atoms with E-state index in [1.807, 2.05) is 0 Å². The molecule has 1 aromatic carbocycles. The fraction of sp³-hybridized carbons (Fsp3) is 0.600. The molecule has 0 amide bonds. The highest BCUT2D eigenvalue weighted by Gasteiger charge is 2.31. The molecule has 0 aromatic heterocycles. The van der Waals surface area contributed by atoms with Crippen LogP contribution in [-0.2, 0) is 4.74 Å². The van der Waals surface area contributed by atoms with E-state index in [0.29, 0.717) is 25.5 Å². The number of nitro benzene ring substituents is 1. The molecule has 7 nitrogen and oxygen atoms in total. The van der Waals surface area contributed by atoms with E-state index in [-0.39, 0.29) is 30.2 Å². The number of morpholine rings is 1. The number of rotatable bonds is 6. The van der Waals surface area contributed by atoms with Gasteiger partial charge in [0.1, 0.15) is 18.5 Å². The zero-order valence-corrected chi connectivity index (χ0v) is 14.1. The first-order valence-corrected chi connectivity index (χ1v) is 7.26. The van der Waals surface area contributed by atoms with Gasteiger partial charge < -0.3 is 14.6 Å². The van der Waals surface area contributed by atoms with Crippen LogP contribution in [0.15, 0.2) is 24.3 Å². The molecule has 8 heteroatoms. The fourth-order valence-corrected chi connectivity index (χ4v) is 2.39. The minimum atomic E-state index is -0.632. The molecule has 0 saturated carbocycles. The van der Waals surface area contributed by atoms with Crippen LogP contribution in [0.25, 0.3) is 0 Å². The fourth-order valence-electron chi connectivity index (χ4n) is 2.39. The monoisotopic (exact) mass is 346 g/mol. The number of halogens is 1. The Balaban J connectivity index is 0.00000264. The zero-order valence-electron chi connectivity index (χ0n) is 13.3. The van der Waals surface area contributed by atoms with Crippen molar-refractivity contribution in [1.29, 1.82) is 0 Å². The number of non-ortho nitro benzene ring substituents is 1. The highest BCUT2D eigenvalue weighted by molar-refractivity contribution is 5.85. The number of nitrogens with zero attached hydrogens (tertiary/aromatic N) is 2. The average molecular weight is 347 g/mol. The Kier molecular flexibility index (Phi) is 7.21. The Morgan fingerprint density at radius 1 is 1.43 bits per heavy atom. The molecule has 1 heterocycles. The molecule has 1 aliphatic heterocycles. The van der Waals surface area contributed by atoms with Crippen LogP contribution in [0.2, 0.25) is 0 Å². The lowest BCUT2D eigenvalue weighted by Gasteiger charge is -2.42. The maximum Gasteiger partial charge on any atom is 0.269 e. The van der Waals surface area contributed by atoms with Crippen molar-refractivity contribution in [1.82, 2.24) is 4.90 Å². The molecule has 1 unspecified atom stereocenters. The van der Waals surface area contributed by atoms with E-state index in [9.17, 15) is 15.2 Å². The van der Waals surface area contributed by atoms with Crippen molar-refractivity contribution in [3.63, 3.8) is 0 Å². The third kappa shape index (κ3) is 5.62. The summed E-state index contributed by atoms with van der Waals surface area (Å²) >= 11 is 0. The molecular weight excluding hydrogens is 324 g/mol. The Hall–Kier alpha value is -1.41. The number of hydrogen-bond acceptors (Lipinski definition) is 6. The third-order valence-corrected chi connectivity index (χ3v) is 3.74. The van der Waals surface area contributed by atoms with Gasteiger partial charge in [0.05, 0.1) is 18.1 Å². The first-order chi connectivity index (χ1) is 10.4. The summed E-state index contributed by atoms with van der Waals surface area (Å²) in [7, 11) is 0. The lowest BCUT2D eigenvalue weighted by molar-refractivity contribution is -0.384. The molecule has 0 bridgehead atoms. The van der Waals surface area contributed by atoms with Crippen molar-refractivity contribution >= 4 is 18.1 Å². The number of aliphatic hydroxyl groups is 1. The van der Waals surface area contributed by atoms with Crippen molar-refractivity contribution in [2.24, 2.45) is 0 Å². The van der Waals surface area contributed by atoms with Gasteiger partial charge >= 0.3 is 0 Å². The smallest absolute Gasteiger partial charge is 0.269 e. The van der Waals surface area contributed by atoms with E-state index in [1.54, 1.807) is 0 Å². The van der Waals surface area contributed by atoms with E-state index < -0.39 is 11.0 Å². The van der Waals surface area contributed by atoms with Crippen molar-refractivity contribution in [2.45, 2.75) is 25.5 Å². The zero-order chi connectivity index (χ0) is 16.2. The van der Waals surface area contributed by atoms with Crippen LogP contribution < -0.4 is 4.74 Å². The summed E-state index contributed by atoms with van der Waals surface area (Å²) in [5, 5.41) is 20.7. The Morgan fingerprint density at radius 2 is 2.09 bits per heavy atom. The number of aliphatic hydroxyl groups excluding tert-OH is 1. The molecule has 1 atom stereocenters. The van der Waals surface area contributed by atoms with Crippen LogP contribution >= 0.6 is 12.4 Å². The van der Waals surface area contributed by atoms with E-state index in [2.05, 4.69) is 18.7 Å². The van der Waals surface area contributed by atoms with Gasteiger partial charge in [0.25, 0.3) is 5.69 Å². The van der Waals surface area contributed by atoms with Crippen molar-refractivity contribution < 1.29 is 19.5 Å². The standard InChI is InChI=1S/C15H22N2O5.ClH/c1-15(2)11-21-8-7-16(15)9-13(18)10-22-14-5-3-12(4-6-14)17(19)20;/h3-6,13,18H,7-11H2,1-2H3;1H. The molecule has 2 rings (SSSR count). The van der Waals surface area contributed by atoms with Crippen molar-refractivity contribution in [3.05, 3.63) is 34.4 Å². The molecular formula is C15H23ClN2O5. The van der Waals surface area contributed by atoms with Gasteiger partial charge in [-0.2, -0.15) is 0 Å². The second-order valence-electron chi connectivity index (χ2n) is 6.03. The highest BCUT2D eigenvalue weighted by atomic mass is 35.5. The Bertz CT molecular complexity index is 509. The predicted molar refractivity (Wildman–Crippen MR) is 88.3 cm³/mol. The topological polar surface area (TPSA) is 85.1 Å². The minimum absolute atomic E-state index is 0. The molecule has 1 saturated heterocycles. The third-order valence-electron chi connectivity index (χ3n) is 3.74. The van der Waals surface area contributed by atoms with Gasteiger partial charge in [0.2, 0.25) is 0 Å². The van der Waals surface area contributed by atoms with E-state index in [1.165, 1.54) is 24.3 Å². The maximum atomic E-state index is 10.6. The van der Waals surface area contributed by atoms with E-state index in [0.717, 1.165) is 6.54 Å². The predicted octanol–water partition coefficient (Wildman–Crippen LogP) is 1.87. The molecule has 23 heavy (non-hydrogen) atoms. The number of ether oxygens (including phenoxy) is 2. The number of nitro groups is 1. The molecule has 0 spiro atoms. The van der Waals surface area contributed by atoms with Gasteiger partial charge in [0, 0.05) is 30.8 Å². The van der Waals surface area contributed by atoms with Gasteiger partial charge in [-0.3, -0.25) is 15.0 Å². The van der Waals surface area contributed by atoms with Crippen LogP contribution in [0.4, 0.5) is 5.69 Å². The van der Waals surface area contributed by atoms with Gasteiger partial charge in [-0.05, 0) is 26.0 Å². The van der Waals surface area contributed by atoms with Crippen LogP contribution in [0.5, 0.6) is 5.75 Å². The quantitative estimate of drug-likeness (QED) is 0.625. The number of β-amino-alcohol motifs (C(OH)–C–C–N with tert-alkyl or cyclic N) is 1. The van der Waals surface area contributed by atoms with Crippen molar-refractivity contribution in [3.8, 4) is 5.75 Å². The summed E-state index contributed by atoms with van der Waals surface area (Å²) in [5.41, 5.74) is -0.0879. The lowest BCUT2D eigenvalue weighted by Crippen LogP contribution is -2.55. The van der Waals surface area contributed by atoms with Gasteiger partial charge in [-0.25, -0.2) is 0 Å². The lowest BCUT2D eigenvalue weighted by atomic mass is 10.0. The van der Waals surface area contributed by atoms with Crippen LogP contribution in [0.1, 0.15) is 13.8 Å². The summed E-state index contributed by atoms with van der Waals surface area (Å²) in [5.74, 6) is 0.505. The summed E-state index contributed by atoms with van der Waals surface area (Å²) in [6.45, 7) is 6.89. The molecule has 130 valence electrons. The number of hydrogen-bond donors (Lipinski definition) is 1. The molecule has 1 aromatic rings. The van der Waals surface area contributed by atoms with E-state index in [4.69, 9.17) is 9.47 Å². The van der Waals surface area contributed by atoms with Crippen molar-refractivity contribution in [2.75, 3.05) is 32.9 Å². The average Bonchev–Trinajstić information content (AvgIpc) is 2.47. The molecule has 1 N–H and O–H groups in total. The molecule has 0 aliphatic carbocycles. The van der Waals surface area contributed by atoms with Crippen LogP contribution in [0.3, 0.4) is 0 Å². The first-order valence-electron chi connectivity index (χ1n) is 7.26. The molecule has 1 fully saturated rings. The van der Waals surface area contributed by atoms with Gasteiger partial charge in [-0.15, -0.1) is 12.4 Å². The largest absolute Gasteiger partial charge is 0.491 e. The van der Waals surface area contributed by atoms with Crippen LogP contribution in [-0.4, -0.2) is 59.5 Å². The minimum Gasteiger partial charge on any atom is -0.491 e. The Labute approximate surface area is 141 Å². The summed E-state index contributed by atoms with van der Waals surface area (Å²) in [6.07, 6.45) is -0.632. The van der Waals surface area contributed by atoms with Gasteiger partial charge in [-0.1, -0.05) is 0 Å². The highest BCUT2D eigenvalue weighted by Crippen LogP contribution is 2.20. The van der Waals surface area contributed by atoms with Gasteiger partial charge in [0.15, 0.2) is 0 Å². The summed E-state index contributed by atoms with van der Waals surface area (Å²) < 4.78 is 10.9. The first kappa shape index (κ1) is 19.6. The SMILES string of the molecule is CC1(C)COCCN1CC(O)COc1ccc([N+](=O)[O-])cc1.Cl. The van der Waals surface area contributed by atoms with Crippen LogP contribution in [0, 0.1) is 10.1 Å². The number of benzene rings is 1. The Morgan fingerprint density at radius 3 is 2.65 bits per heavy atom. The van der Waals surface area contributed by atoms with E-state index >= 15 is 0 Å². The second-order valence-corrected chi connectivity index (χ2v) is 6.03. The maximum absolute atomic E-state index is 10.6. The molecule has 1 aliphatic rings. The second kappa shape index (κ2) is 8.44. The normalized spacial score (nSPS) is 18.7. The summed E-state index contributed by atoms with van der Waals surface area (Å²) in [6, 6.07) is 5.83.